The molecule has 0 N–H and O–H groups in total. The molecule has 14 heteroatoms. The lowest BCUT2D eigenvalue weighted by molar-refractivity contribution is -0.143. The Balaban J connectivity index is 1.82. The van der Waals surface area contributed by atoms with E-state index in [2.05, 4.69) is 22.6 Å². The molecule has 36 heavy (non-hydrogen) atoms. The van der Waals surface area contributed by atoms with Crippen LogP contribution in [-0.4, -0.2) is 38.4 Å². The number of benzene rings is 2. The van der Waals surface area contributed by atoms with Gasteiger partial charge in [-0.2, -0.15) is 17.6 Å². The predicted molar refractivity (Wildman–Crippen MR) is 106 cm³/mol. The van der Waals surface area contributed by atoms with E-state index in [1.54, 1.807) is 0 Å². The maximum absolute atomic E-state index is 13.8. The Kier molecular flexibility index (Phi) is 9.69. The largest absolute Gasteiger partial charge is 0.418 e. The summed E-state index contributed by atoms with van der Waals surface area (Å²) in [6, 6.07) is 0. The molecule has 194 valence electrons. The Morgan fingerprint density at radius 3 is 1.08 bits per heavy atom. The number of ether oxygens (including phenoxy) is 4. The zero-order valence-corrected chi connectivity index (χ0v) is 17.9. The first-order valence-electron chi connectivity index (χ1n) is 9.49. The summed E-state index contributed by atoms with van der Waals surface area (Å²) in [5.41, 5.74) is -2.21. The molecule has 2 aromatic rings. The summed E-state index contributed by atoms with van der Waals surface area (Å²) in [4.78, 5) is 23.2. The monoisotopic (exact) mass is 526 g/mol. The minimum absolute atomic E-state index is 0.467. The van der Waals surface area contributed by atoms with E-state index in [0.717, 1.165) is 0 Å². The highest BCUT2D eigenvalue weighted by Crippen LogP contribution is 2.31. The van der Waals surface area contributed by atoms with E-state index in [0.29, 0.717) is 12.2 Å². The molecular formula is C22H14F8O6. The summed E-state index contributed by atoms with van der Waals surface area (Å²) in [5.74, 6) is -21.5. The molecule has 0 saturated heterocycles. The van der Waals surface area contributed by atoms with Gasteiger partial charge in [0.1, 0.15) is 13.2 Å². The minimum Gasteiger partial charge on any atom is -0.418 e. The fourth-order valence-electron chi connectivity index (χ4n) is 2.51. The molecule has 0 saturated carbocycles. The standard InChI is InChI=1S/C22H14F8O6/c1-3-9-13(23)17(27)21(18(28)14(9)24)35-11(31)7-33-5-6-34-8-12(32)36-22-19(29)15(25)10(4-2)16(26)20(22)30/h3-4H,1-2,5-8H2. The summed E-state index contributed by atoms with van der Waals surface area (Å²) in [6.45, 7) is 3.09. The molecule has 0 heterocycles. The second-order valence-corrected chi connectivity index (χ2v) is 6.46. The van der Waals surface area contributed by atoms with Crippen molar-refractivity contribution in [1.82, 2.24) is 0 Å². The lowest BCUT2D eigenvalue weighted by Crippen LogP contribution is -2.22. The number of carbonyl (C=O) groups excluding carboxylic acids is 2. The molecule has 0 aliphatic heterocycles. The van der Waals surface area contributed by atoms with Gasteiger partial charge in [-0.1, -0.05) is 25.3 Å². The van der Waals surface area contributed by atoms with Crippen LogP contribution < -0.4 is 9.47 Å². The maximum Gasteiger partial charge on any atom is 0.337 e. The van der Waals surface area contributed by atoms with Gasteiger partial charge in [0.05, 0.1) is 24.3 Å². The van der Waals surface area contributed by atoms with Crippen LogP contribution in [0.5, 0.6) is 11.5 Å². The van der Waals surface area contributed by atoms with E-state index in [1.165, 1.54) is 0 Å². The van der Waals surface area contributed by atoms with Gasteiger partial charge in [0.25, 0.3) is 0 Å². The fourth-order valence-corrected chi connectivity index (χ4v) is 2.51. The predicted octanol–water partition coefficient (Wildman–Crippen LogP) is 4.63. The van der Waals surface area contributed by atoms with Crippen molar-refractivity contribution in [3.63, 3.8) is 0 Å². The molecule has 0 aromatic heterocycles. The van der Waals surface area contributed by atoms with Crippen molar-refractivity contribution in [3.05, 3.63) is 70.8 Å². The van der Waals surface area contributed by atoms with Gasteiger partial charge in [0.15, 0.2) is 23.3 Å². The SMILES string of the molecule is C=Cc1c(F)c(F)c(OC(=O)COCCOCC(=O)Oc2c(F)c(F)c(C=C)c(F)c2F)c(F)c1F. The van der Waals surface area contributed by atoms with E-state index < -0.39 is 108 Å². The molecule has 0 aliphatic rings. The zero-order chi connectivity index (χ0) is 27.2. The van der Waals surface area contributed by atoms with Crippen molar-refractivity contribution < 1.29 is 63.7 Å². The van der Waals surface area contributed by atoms with Gasteiger partial charge >= 0.3 is 11.9 Å². The van der Waals surface area contributed by atoms with E-state index in [4.69, 9.17) is 9.47 Å². The van der Waals surface area contributed by atoms with Gasteiger partial charge in [-0.05, 0) is 0 Å². The Bertz CT molecular complexity index is 1060. The van der Waals surface area contributed by atoms with E-state index >= 15 is 0 Å². The Labute approximate surface area is 197 Å². The first-order valence-corrected chi connectivity index (χ1v) is 9.49. The van der Waals surface area contributed by atoms with Crippen LogP contribution >= 0.6 is 0 Å². The van der Waals surface area contributed by atoms with Crippen LogP contribution in [0.3, 0.4) is 0 Å². The molecule has 6 nitrogen and oxygen atoms in total. The first kappa shape index (κ1) is 28.5. The third-order valence-corrected chi connectivity index (χ3v) is 4.17. The highest BCUT2D eigenvalue weighted by molar-refractivity contribution is 5.74. The van der Waals surface area contributed by atoms with Crippen LogP contribution in [-0.2, 0) is 19.1 Å². The van der Waals surface area contributed by atoms with Crippen molar-refractivity contribution in [2.45, 2.75) is 0 Å². The highest BCUT2D eigenvalue weighted by Gasteiger charge is 2.28. The molecular weight excluding hydrogens is 512 g/mol. The van der Waals surface area contributed by atoms with Crippen LogP contribution in [0.4, 0.5) is 35.1 Å². The van der Waals surface area contributed by atoms with Gasteiger partial charge in [-0.25, -0.2) is 27.2 Å². The van der Waals surface area contributed by atoms with Gasteiger partial charge in [-0.3, -0.25) is 0 Å². The highest BCUT2D eigenvalue weighted by atomic mass is 19.2. The van der Waals surface area contributed by atoms with Gasteiger partial charge in [-0.15, -0.1) is 0 Å². The lowest BCUT2D eigenvalue weighted by Gasteiger charge is -2.11. The molecule has 0 atom stereocenters. The third kappa shape index (κ3) is 6.07. The van der Waals surface area contributed by atoms with Crippen LogP contribution in [0.2, 0.25) is 0 Å². The quantitative estimate of drug-likeness (QED) is 0.140. The molecule has 2 aromatic carbocycles. The molecule has 0 radical (unpaired) electrons. The molecule has 2 rings (SSSR count). The Morgan fingerprint density at radius 2 is 0.833 bits per heavy atom. The molecule has 0 unspecified atom stereocenters. The zero-order valence-electron chi connectivity index (χ0n) is 17.9. The molecule has 0 fully saturated rings. The van der Waals surface area contributed by atoms with Crippen molar-refractivity contribution in [1.29, 1.82) is 0 Å². The second-order valence-electron chi connectivity index (χ2n) is 6.46. The summed E-state index contributed by atoms with van der Waals surface area (Å²) in [6.07, 6.45) is 1.03. The summed E-state index contributed by atoms with van der Waals surface area (Å²) < 4.78 is 128. The third-order valence-electron chi connectivity index (χ3n) is 4.17. The van der Waals surface area contributed by atoms with Gasteiger partial charge in [0.2, 0.25) is 34.8 Å². The van der Waals surface area contributed by atoms with Crippen LogP contribution in [0.25, 0.3) is 12.2 Å². The average molecular weight is 526 g/mol. The summed E-state index contributed by atoms with van der Waals surface area (Å²) >= 11 is 0. The Hall–Kier alpha value is -3.78. The summed E-state index contributed by atoms with van der Waals surface area (Å²) in [5, 5.41) is 0. The minimum atomic E-state index is -1.98. The molecule has 0 spiro atoms. The topological polar surface area (TPSA) is 71.1 Å². The lowest BCUT2D eigenvalue weighted by atomic mass is 10.1. The average Bonchev–Trinajstić information content (AvgIpc) is 2.85. The number of carbonyl (C=O) groups is 2. The van der Waals surface area contributed by atoms with Crippen molar-refractivity contribution >= 4 is 24.1 Å². The van der Waals surface area contributed by atoms with Crippen LogP contribution in [0.15, 0.2) is 13.2 Å². The number of hydrogen-bond donors (Lipinski definition) is 0. The van der Waals surface area contributed by atoms with Crippen LogP contribution in [0.1, 0.15) is 11.1 Å². The van der Waals surface area contributed by atoms with Crippen LogP contribution in [0, 0.1) is 46.5 Å². The number of rotatable bonds is 11. The van der Waals surface area contributed by atoms with Crippen molar-refractivity contribution in [2.24, 2.45) is 0 Å². The van der Waals surface area contributed by atoms with E-state index in [1.807, 2.05) is 0 Å². The number of halogens is 8. The Morgan fingerprint density at radius 1 is 0.556 bits per heavy atom. The second kappa shape index (κ2) is 12.3. The molecule has 0 aliphatic carbocycles. The maximum atomic E-state index is 13.8. The molecule has 0 bridgehead atoms. The van der Waals surface area contributed by atoms with E-state index in [-0.39, 0.29) is 0 Å². The van der Waals surface area contributed by atoms with Crippen molar-refractivity contribution in [2.75, 3.05) is 26.4 Å². The molecule has 0 amide bonds. The number of hydrogen-bond acceptors (Lipinski definition) is 6. The smallest absolute Gasteiger partial charge is 0.337 e. The summed E-state index contributed by atoms with van der Waals surface area (Å²) in [7, 11) is 0. The van der Waals surface area contributed by atoms with Crippen molar-refractivity contribution in [3.8, 4) is 11.5 Å². The van der Waals surface area contributed by atoms with Gasteiger partial charge < -0.3 is 18.9 Å². The van der Waals surface area contributed by atoms with Gasteiger partial charge in [0, 0.05) is 0 Å². The fraction of sp³-hybridized carbons (Fsp3) is 0.182. The normalized spacial score (nSPS) is 10.8. The first-order chi connectivity index (χ1) is 17.0. The number of esters is 2. The van der Waals surface area contributed by atoms with E-state index in [9.17, 15) is 44.7 Å².